The highest BCUT2D eigenvalue weighted by atomic mass is 35.5. The lowest BCUT2D eigenvalue weighted by Gasteiger charge is -2.12. The maximum Gasteiger partial charge on any atom is 0.156 e. The summed E-state index contributed by atoms with van der Waals surface area (Å²) in [6.07, 6.45) is 6.55. The Morgan fingerprint density at radius 1 is 0.963 bits per heavy atom. The highest BCUT2D eigenvalue weighted by Crippen LogP contribution is 2.37. The highest BCUT2D eigenvalue weighted by Gasteiger charge is 2.10. The first-order valence-corrected chi connectivity index (χ1v) is 10.2. The van der Waals surface area contributed by atoms with Crippen molar-refractivity contribution < 1.29 is 19.0 Å². The van der Waals surface area contributed by atoms with Crippen LogP contribution in [-0.4, -0.2) is 32.2 Å². The third-order valence-electron chi connectivity index (χ3n) is 3.44. The predicted octanol–water partition coefficient (Wildman–Crippen LogP) is 6.63. The minimum atomic E-state index is 0.0561. The van der Waals surface area contributed by atoms with Gasteiger partial charge in [0.15, 0.2) is 11.5 Å². The minimum Gasteiger partial charge on any atom is -0.490 e. The van der Waals surface area contributed by atoms with E-state index in [1.54, 1.807) is 12.1 Å². The van der Waals surface area contributed by atoms with E-state index in [1.807, 2.05) is 0 Å². The quantitative estimate of drug-likeness (QED) is 0.294. The number of carbonyl (C=O) groups is 1. The Bertz CT molecular complexity index is 593. The van der Waals surface area contributed by atoms with Gasteiger partial charge in [0.1, 0.15) is 23.5 Å². The van der Waals surface area contributed by atoms with E-state index in [2.05, 4.69) is 0 Å². The molecule has 0 spiro atoms. The molecule has 0 bridgehead atoms. The molecule has 0 aromatic heterocycles. The van der Waals surface area contributed by atoms with E-state index in [1.165, 1.54) is 13.0 Å². The van der Waals surface area contributed by atoms with Crippen molar-refractivity contribution in [1.29, 1.82) is 0 Å². The van der Waals surface area contributed by atoms with Crippen molar-refractivity contribution in [1.82, 2.24) is 0 Å². The van der Waals surface area contributed by atoms with Crippen molar-refractivity contribution in [3.8, 4) is 11.5 Å². The molecule has 0 saturated carbocycles. The molecular weight excluding hydrogens is 434 g/mol. The van der Waals surface area contributed by atoms with Gasteiger partial charge < -0.3 is 14.2 Å². The first-order valence-electron chi connectivity index (χ1n) is 8.73. The lowest BCUT2D eigenvalue weighted by atomic mass is 10.1. The minimum absolute atomic E-state index is 0.0561. The van der Waals surface area contributed by atoms with E-state index in [-0.39, 0.29) is 23.5 Å². The molecule has 0 fully saturated rings. The Hall–Kier alpha value is -0.650. The van der Waals surface area contributed by atoms with E-state index in [9.17, 15) is 4.79 Å². The smallest absolute Gasteiger partial charge is 0.156 e. The molecular formula is C19H24Cl4O4. The monoisotopic (exact) mass is 456 g/mol. The fourth-order valence-corrected chi connectivity index (χ4v) is 2.89. The fourth-order valence-electron chi connectivity index (χ4n) is 2.19. The van der Waals surface area contributed by atoms with Crippen LogP contribution in [0.4, 0.5) is 0 Å². The zero-order chi connectivity index (χ0) is 20.1. The molecule has 0 unspecified atom stereocenters. The van der Waals surface area contributed by atoms with Crippen molar-refractivity contribution in [3.63, 3.8) is 0 Å². The van der Waals surface area contributed by atoms with Gasteiger partial charge in [0.25, 0.3) is 0 Å². The van der Waals surface area contributed by atoms with E-state index in [4.69, 9.17) is 60.6 Å². The number of hydrogen-bond acceptors (Lipinski definition) is 4. The van der Waals surface area contributed by atoms with E-state index >= 15 is 0 Å². The van der Waals surface area contributed by atoms with Crippen LogP contribution in [0.2, 0.25) is 10.0 Å². The lowest BCUT2D eigenvalue weighted by molar-refractivity contribution is -0.121. The topological polar surface area (TPSA) is 44.8 Å². The third kappa shape index (κ3) is 11.7. The van der Waals surface area contributed by atoms with Gasteiger partial charge in [-0.1, -0.05) is 65.7 Å². The number of ketones is 1. The number of Topliss-reactive ketones (excluding diaryl/α,β-unsaturated/α-hetero) is 1. The maximum atomic E-state index is 10.7. The summed E-state index contributed by atoms with van der Waals surface area (Å²) in [5.74, 6) is 1.02. The van der Waals surface area contributed by atoms with Crippen molar-refractivity contribution in [2.45, 2.75) is 39.0 Å². The first kappa shape index (κ1) is 24.4. The van der Waals surface area contributed by atoms with Gasteiger partial charge in [-0.2, -0.15) is 0 Å². The molecule has 0 saturated heterocycles. The van der Waals surface area contributed by atoms with Crippen molar-refractivity contribution >= 4 is 52.2 Å². The van der Waals surface area contributed by atoms with E-state index in [0.29, 0.717) is 34.8 Å². The summed E-state index contributed by atoms with van der Waals surface area (Å²) in [5.41, 5.74) is 0. The standard InChI is InChI=1S/C19H24Cl4O4/c1-14(24)13-25-8-5-3-2-4-6-9-27-19-16(20)11-15(12-17(19)21)26-10-7-18(22)23/h7,11-12H,2-6,8-10,13H2,1H3. The molecule has 0 aliphatic carbocycles. The summed E-state index contributed by atoms with van der Waals surface area (Å²) >= 11 is 23.5. The van der Waals surface area contributed by atoms with Gasteiger partial charge in [0, 0.05) is 18.7 Å². The van der Waals surface area contributed by atoms with Crippen LogP contribution in [0.1, 0.15) is 39.0 Å². The van der Waals surface area contributed by atoms with Gasteiger partial charge in [-0.25, -0.2) is 0 Å². The largest absolute Gasteiger partial charge is 0.490 e. The fraction of sp³-hybridized carbons (Fsp3) is 0.526. The normalized spacial score (nSPS) is 10.6. The van der Waals surface area contributed by atoms with E-state index in [0.717, 1.165) is 32.1 Å². The van der Waals surface area contributed by atoms with Crippen LogP contribution < -0.4 is 9.47 Å². The summed E-state index contributed by atoms with van der Waals surface area (Å²) in [6, 6.07) is 3.28. The number of benzene rings is 1. The predicted molar refractivity (Wildman–Crippen MR) is 112 cm³/mol. The first-order chi connectivity index (χ1) is 12.9. The molecule has 0 aliphatic heterocycles. The molecule has 152 valence electrons. The third-order valence-corrected chi connectivity index (χ3v) is 4.31. The number of hydrogen-bond donors (Lipinski definition) is 0. The Kier molecular flexibility index (Phi) is 13.0. The summed E-state index contributed by atoms with van der Waals surface area (Å²) in [6.45, 7) is 3.10. The average molecular weight is 458 g/mol. The lowest BCUT2D eigenvalue weighted by Crippen LogP contribution is -2.04. The zero-order valence-electron chi connectivity index (χ0n) is 15.2. The highest BCUT2D eigenvalue weighted by molar-refractivity contribution is 6.55. The van der Waals surface area contributed by atoms with Gasteiger partial charge in [-0.3, -0.25) is 4.79 Å². The number of carbonyl (C=O) groups excluding carboxylic acids is 1. The molecule has 4 nitrogen and oxygen atoms in total. The number of halogens is 4. The second-order valence-electron chi connectivity index (χ2n) is 5.89. The molecule has 0 N–H and O–H groups in total. The molecule has 8 heteroatoms. The molecule has 0 aliphatic rings. The van der Waals surface area contributed by atoms with Gasteiger partial charge >= 0.3 is 0 Å². The second-order valence-corrected chi connectivity index (χ2v) is 7.71. The Labute approximate surface area is 180 Å². The molecule has 0 heterocycles. The molecule has 0 amide bonds. The van der Waals surface area contributed by atoms with Crippen LogP contribution in [0.25, 0.3) is 0 Å². The van der Waals surface area contributed by atoms with Crippen LogP contribution in [0.15, 0.2) is 22.7 Å². The van der Waals surface area contributed by atoms with Gasteiger partial charge in [-0.15, -0.1) is 0 Å². The van der Waals surface area contributed by atoms with Gasteiger partial charge in [0.05, 0.1) is 16.7 Å². The Morgan fingerprint density at radius 3 is 2.15 bits per heavy atom. The van der Waals surface area contributed by atoms with Crippen LogP contribution in [0.3, 0.4) is 0 Å². The van der Waals surface area contributed by atoms with Crippen molar-refractivity contribution in [2.24, 2.45) is 0 Å². The zero-order valence-corrected chi connectivity index (χ0v) is 18.3. The van der Waals surface area contributed by atoms with Gasteiger partial charge in [-0.05, 0) is 25.8 Å². The molecule has 1 rings (SSSR count). The van der Waals surface area contributed by atoms with Crippen LogP contribution in [0, 0.1) is 0 Å². The Morgan fingerprint density at radius 2 is 1.56 bits per heavy atom. The van der Waals surface area contributed by atoms with E-state index < -0.39 is 0 Å². The molecule has 1 aromatic rings. The molecule has 27 heavy (non-hydrogen) atoms. The Balaban J connectivity index is 2.23. The van der Waals surface area contributed by atoms with Crippen LogP contribution in [-0.2, 0) is 9.53 Å². The summed E-state index contributed by atoms with van der Waals surface area (Å²) in [7, 11) is 0. The number of unbranched alkanes of at least 4 members (excludes halogenated alkanes) is 4. The van der Waals surface area contributed by atoms with Crippen LogP contribution >= 0.6 is 46.4 Å². The van der Waals surface area contributed by atoms with Gasteiger partial charge in [0.2, 0.25) is 0 Å². The average Bonchev–Trinajstić information content (AvgIpc) is 2.58. The van der Waals surface area contributed by atoms with Crippen molar-refractivity contribution in [3.05, 3.63) is 32.7 Å². The second kappa shape index (κ2) is 14.4. The number of rotatable bonds is 14. The summed E-state index contributed by atoms with van der Waals surface area (Å²) < 4.78 is 16.5. The number of ether oxygens (including phenoxy) is 3. The van der Waals surface area contributed by atoms with Crippen molar-refractivity contribution in [2.75, 3.05) is 26.4 Å². The maximum absolute atomic E-state index is 10.7. The summed E-state index contributed by atoms with van der Waals surface area (Å²) in [4.78, 5) is 10.7. The summed E-state index contributed by atoms with van der Waals surface area (Å²) in [5, 5.41) is 0.780. The molecule has 1 aromatic carbocycles. The molecule has 0 radical (unpaired) electrons. The van der Waals surface area contributed by atoms with Crippen LogP contribution in [0.5, 0.6) is 11.5 Å². The SMILES string of the molecule is CC(=O)COCCCCCCCOc1c(Cl)cc(OCC=C(Cl)Cl)cc1Cl. The molecule has 0 atom stereocenters.